The standard InChI is InChI=1S/C13H15NO3/c1-8(2)14-5-4-10-11(13(15)16)6-9(17-3)7-12(10)14/h4-8H,1-3H3,(H,15,16). The Balaban J connectivity index is 2.78. The van der Waals surface area contributed by atoms with Crippen molar-refractivity contribution in [2.24, 2.45) is 0 Å². The van der Waals surface area contributed by atoms with Crippen LogP contribution in [0.25, 0.3) is 10.9 Å². The fourth-order valence-electron chi connectivity index (χ4n) is 1.98. The van der Waals surface area contributed by atoms with Crippen molar-refractivity contribution in [1.29, 1.82) is 0 Å². The molecule has 0 spiro atoms. The topological polar surface area (TPSA) is 51.5 Å². The van der Waals surface area contributed by atoms with Crippen molar-refractivity contribution in [3.63, 3.8) is 0 Å². The fourth-order valence-corrected chi connectivity index (χ4v) is 1.98. The Morgan fingerprint density at radius 1 is 1.41 bits per heavy atom. The van der Waals surface area contributed by atoms with E-state index in [-0.39, 0.29) is 11.6 Å². The molecule has 0 radical (unpaired) electrons. The highest BCUT2D eigenvalue weighted by molar-refractivity contribution is 6.03. The number of carbonyl (C=O) groups is 1. The molecule has 90 valence electrons. The molecule has 0 aliphatic rings. The van der Waals surface area contributed by atoms with Crippen LogP contribution >= 0.6 is 0 Å². The molecule has 0 fully saturated rings. The van der Waals surface area contributed by atoms with E-state index in [1.807, 2.05) is 22.9 Å². The van der Waals surface area contributed by atoms with Gasteiger partial charge in [-0.1, -0.05) is 0 Å². The van der Waals surface area contributed by atoms with Crippen molar-refractivity contribution in [1.82, 2.24) is 4.57 Å². The van der Waals surface area contributed by atoms with Crippen LogP contribution in [0.3, 0.4) is 0 Å². The Labute approximate surface area is 99.4 Å². The summed E-state index contributed by atoms with van der Waals surface area (Å²) in [6.07, 6.45) is 1.90. The maximum absolute atomic E-state index is 11.2. The molecule has 17 heavy (non-hydrogen) atoms. The third-order valence-electron chi connectivity index (χ3n) is 2.83. The van der Waals surface area contributed by atoms with Gasteiger partial charge in [-0.25, -0.2) is 4.79 Å². The molecule has 2 aromatic rings. The van der Waals surface area contributed by atoms with Crippen molar-refractivity contribution in [3.8, 4) is 5.75 Å². The highest BCUT2D eigenvalue weighted by Crippen LogP contribution is 2.28. The SMILES string of the molecule is COc1cc(C(=O)O)c2ccn(C(C)C)c2c1. The van der Waals surface area contributed by atoms with Gasteiger partial charge in [0.25, 0.3) is 0 Å². The maximum atomic E-state index is 11.2. The van der Waals surface area contributed by atoms with E-state index in [1.165, 1.54) is 7.11 Å². The van der Waals surface area contributed by atoms with Crippen LogP contribution < -0.4 is 4.74 Å². The number of hydrogen-bond acceptors (Lipinski definition) is 2. The number of fused-ring (bicyclic) bond motifs is 1. The van der Waals surface area contributed by atoms with Gasteiger partial charge in [0.15, 0.2) is 0 Å². The van der Waals surface area contributed by atoms with Gasteiger partial charge in [-0.3, -0.25) is 0 Å². The maximum Gasteiger partial charge on any atom is 0.336 e. The second-order valence-electron chi connectivity index (χ2n) is 4.23. The second-order valence-corrected chi connectivity index (χ2v) is 4.23. The lowest BCUT2D eigenvalue weighted by Gasteiger charge is -2.11. The molecule has 0 saturated carbocycles. The van der Waals surface area contributed by atoms with Gasteiger partial charge in [-0.15, -0.1) is 0 Å². The van der Waals surface area contributed by atoms with Crippen LogP contribution in [0, 0.1) is 0 Å². The molecule has 0 amide bonds. The number of ether oxygens (including phenoxy) is 1. The molecule has 2 rings (SSSR count). The molecule has 1 heterocycles. The van der Waals surface area contributed by atoms with E-state index in [1.54, 1.807) is 6.07 Å². The molecular weight excluding hydrogens is 218 g/mol. The molecular formula is C13H15NO3. The Morgan fingerprint density at radius 2 is 2.12 bits per heavy atom. The van der Waals surface area contributed by atoms with Crippen LogP contribution in [0.15, 0.2) is 24.4 Å². The summed E-state index contributed by atoms with van der Waals surface area (Å²) in [5, 5.41) is 9.93. The molecule has 0 atom stereocenters. The number of aromatic nitrogens is 1. The number of benzene rings is 1. The third-order valence-corrected chi connectivity index (χ3v) is 2.83. The van der Waals surface area contributed by atoms with E-state index in [4.69, 9.17) is 4.74 Å². The number of nitrogens with zero attached hydrogens (tertiary/aromatic N) is 1. The zero-order chi connectivity index (χ0) is 12.6. The lowest BCUT2D eigenvalue weighted by molar-refractivity contribution is 0.0698. The van der Waals surface area contributed by atoms with Gasteiger partial charge in [-0.05, 0) is 26.0 Å². The zero-order valence-corrected chi connectivity index (χ0v) is 10.1. The highest BCUT2D eigenvalue weighted by Gasteiger charge is 2.14. The Bertz CT molecular complexity index is 569. The van der Waals surface area contributed by atoms with Crippen LogP contribution in [-0.4, -0.2) is 22.8 Å². The molecule has 1 aromatic heterocycles. The van der Waals surface area contributed by atoms with Gasteiger partial charge in [0.1, 0.15) is 5.75 Å². The number of methoxy groups -OCH3 is 1. The average molecular weight is 233 g/mol. The minimum absolute atomic E-state index is 0.277. The van der Waals surface area contributed by atoms with Crippen LogP contribution in [0.2, 0.25) is 0 Å². The van der Waals surface area contributed by atoms with Crippen molar-refractivity contribution in [2.45, 2.75) is 19.9 Å². The normalized spacial score (nSPS) is 11.1. The summed E-state index contributed by atoms with van der Waals surface area (Å²) in [6.45, 7) is 4.11. The van der Waals surface area contributed by atoms with Crippen molar-refractivity contribution in [3.05, 3.63) is 30.0 Å². The van der Waals surface area contributed by atoms with Gasteiger partial charge < -0.3 is 14.4 Å². The van der Waals surface area contributed by atoms with E-state index in [0.29, 0.717) is 5.75 Å². The van der Waals surface area contributed by atoms with Crippen molar-refractivity contribution < 1.29 is 14.6 Å². The monoisotopic (exact) mass is 233 g/mol. The minimum Gasteiger partial charge on any atom is -0.497 e. The highest BCUT2D eigenvalue weighted by atomic mass is 16.5. The average Bonchev–Trinajstić information content (AvgIpc) is 2.70. The number of carboxylic acids is 1. The third kappa shape index (κ3) is 1.86. The number of aromatic carboxylic acids is 1. The van der Waals surface area contributed by atoms with Gasteiger partial charge in [0.05, 0.1) is 18.2 Å². The summed E-state index contributed by atoms with van der Waals surface area (Å²) < 4.78 is 7.17. The summed E-state index contributed by atoms with van der Waals surface area (Å²) in [7, 11) is 1.54. The van der Waals surface area contributed by atoms with Crippen molar-refractivity contribution >= 4 is 16.9 Å². The first-order valence-electron chi connectivity index (χ1n) is 5.46. The lowest BCUT2D eigenvalue weighted by Crippen LogP contribution is -2.01. The lowest BCUT2D eigenvalue weighted by atomic mass is 10.1. The number of carboxylic acid groups (broad SMARTS) is 1. The molecule has 0 unspecified atom stereocenters. The van der Waals surface area contributed by atoms with Crippen LogP contribution in [0.4, 0.5) is 0 Å². The van der Waals surface area contributed by atoms with E-state index in [2.05, 4.69) is 13.8 Å². The molecule has 0 saturated heterocycles. The second kappa shape index (κ2) is 4.13. The predicted octanol–water partition coefficient (Wildman–Crippen LogP) is 2.93. The molecule has 1 aromatic carbocycles. The number of hydrogen-bond donors (Lipinski definition) is 1. The summed E-state index contributed by atoms with van der Waals surface area (Å²) in [6, 6.07) is 5.52. The molecule has 1 N–H and O–H groups in total. The van der Waals surface area contributed by atoms with Crippen LogP contribution in [0.1, 0.15) is 30.2 Å². The summed E-state index contributed by atoms with van der Waals surface area (Å²) >= 11 is 0. The first-order chi connectivity index (χ1) is 8.04. The molecule has 0 aliphatic carbocycles. The molecule has 0 aliphatic heterocycles. The first kappa shape index (κ1) is 11.5. The molecule has 4 heteroatoms. The molecule has 0 bridgehead atoms. The predicted molar refractivity (Wildman–Crippen MR) is 65.8 cm³/mol. The van der Waals surface area contributed by atoms with Gasteiger partial charge >= 0.3 is 5.97 Å². The van der Waals surface area contributed by atoms with Crippen molar-refractivity contribution in [2.75, 3.05) is 7.11 Å². The smallest absolute Gasteiger partial charge is 0.336 e. The Kier molecular flexibility index (Phi) is 2.79. The van der Waals surface area contributed by atoms with E-state index < -0.39 is 5.97 Å². The van der Waals surface area contributed by atoms with E-state index in [0.717, 1.165) is 10.9 Å². The quantitative estimate of drug-likeness (QED) is 0.886. The molecule has 4 nitrogen and oxygen atoms in total. The first-order valence-corrected chi connectivity index (χ1v) is 5.46. The summed E-state index contributed by atoms with van der Waals surface area (Å²) in [5.74, 6) is -0.370. The van der Waals surface area contributed by atoms with Gasteiger partial charge in [0, 0.05) is 23.7 Å². The van der Waals surface area contributed by atoms with E-state index in [9.17, 15) is 9.90 Å². The fraction of sp³-hybridized carbons (Fsp3) is 0.308. The summed E-state index contributed by atoms with van der Waals surface area (Å²) in [5.41, 5.74) is 1.16. The van der Waals surface area contributed by atoms with Crippen LogP contribution in [0.5, 0.6) is 5.75 Å². The van der Waals surface area contributed by atoms with Gasteiger partial charge in [0.2, 0.25) is 0 Å². The zero-order valence-electron chi connectivity index (χ0n) is 10.1. The largest absolute Gasteiger partial charge is 0.497 e. The minimum atomic E-state index is -0.935. The van der Waals surface area contributed by atoms with Crippen LogP contribution in [-0.2, 0) is 0 Å². The van der Waals surface area contributed by atoms with E-state index >= 15 is 0 Å². The Hall–Kier alpha value is -1.97. The summed E-state index contributed by atoms with van der Waals surface area (Å²) in [4.78, 5) is 11.2. The number of rotatable bonds is 3. The van der Waals surface area contributed by atoms with Gasteiger partial charge in [-0.2, -0.15) is 0 Å². The Morgan fingerprint density at radius 3 is 2.65 bits per heavy atom.